The minimum absolute atomic E-state index is 0.0564. The van der Waals surface area contributed by atoms with E-state index in [9.17, 15) is 19.8 Å². The van der Waals surface area contributed by atoms with Crippen LogP contribution in [0, 0.1) is 17.3 Å². The van der Waals surface area contributed by atoms with Crippen LogP contribution in [0.25, 0.3) is 0 Å². The van der Waals surface area contributed by atoms with E-state index in [0.717, 1.165) is 43.2 Å². The van der Waals surface area contributed by atoms with Crippen LogP contribution in [0.4, 0.5) is 0 Å². The van der Waals surface area contributed by atoms with Crippen LogP contribution in [-0.2, 0) is 16.0 Å². The predicted octanol–water partition coefficient (Wildman–Crippen LogP) is 3.62. The third-order valence-electron chi connectivity index (χ3n) is 7.06. The topological polar surface area (TPSA) is 74.6 Å². The molecule has 0 spiro atoms. The average molecular weight is 363 g/mol. The number of halogens is 1. The largest absolute Gasteiger partial charge is 0.508 e. The second-order valence-electron chi connectivity index (χ2n) is 8.15. The smallest absolute Gasteiger partial charge is 0.254 e. The van der Waals surface area contributed by atoms with Gasteiger partial charge in [-0.15, -0.1) is 0 Å². The van der Waals surface area contributed by atoms with Crippen LogP contribution in [0.15, 0.2) is 12.1 Å². The molecule has 2 N–H and O–H groups in total. The van der Waals surface area contributed by atoms with Gasteiger partial charge in [-0.1, -0.05) is 6.92 Å². The Morgan fingerprint density at radius 2 is 2.04 bits per heavy atom. The zero-order chi connectivity index (χ0) is 17.9. The van der Waals surface area contributed by atoms with Gasteiger partial charge in [-0.25, -0.2) is 0 Å². The first-order valence-corrected chi connectivity index (χ1v) is 9.47. The normalized spacial score (nSPS) is 34.8. The van der Waals surface area contributed by atoms with Crippen molar-refractivity contribution in [3.05, 3.63) is 28.8 Å². The first-order chi connectivity index (χ1) is 11.8. The van der Waals surface area contributed by atoms with Crippen molar-refractivity contribution < 1.29 is 19.8 Å². The van der Waals surface area contributed by atoms with Gasteiger partial charge < -0.3 is 10.2 Å². The number of benzene rings is 1. The highest BCUT2D eigenvalue weighted by molar-refractivity contribution is 6.64. The number of aryl methyl sites for hydroxylation is 1. The number of aliphatic hydroxyl groups excluding tert-OH is 1. The van der Waals surface area contributed by atoms with Crippen molar-refractivity contribution in [3.8, 4) is 5.75 Å². The molecule has 0 aliphatic heterocycles. The number of aromatic hydroxyl groups is 1. The van der Waals surface area contributed by atoms with Crippen LogP contribution in [0.2, 0.25) is 0 Å². The average Bonchev–Trinajstić information content (AvgIpc) is 2.88. The van der Waals surface area contributed by atoms with E-state index in [0.29, 0.717) is 29.6 Å². The van der Waals surface area contributed by atoms with E-state index in [1.54, 1.807) is 6.07 Å². The summed E-state index contributed by atoms with van der Waals surface area (Å²) in [6.07, 6.45) is 3.69. The maximum absolute atomic E-state index is 12.4. The Bertz CT molecular complexity index is 758. The summed E-state index contributed by atoms with van der Waals surface area (Å²) in [6.45, 7) is 2.12. The highest BCUT2D eigenvalue weighted by atomic mass is 35.5. The molecular formula is C20H23ClO4. The fourth-order valence-corrected chi connectivity index (χ4v) is 5.99. The molecule has 0 saturated heterocycles. The second-order valence-corrected chi connectivity index (χ2v) is 8.52. The highest BCUT2D eigenvalue weighted by Crippen LogP contribution is 2.60. The number of hydrogen-bond acceptors (Lipinski definition) is 4. The molecule has 4 rings (SSSR count). The SMILES string of the molecule is C[C@]12CC[C@@H]3c4c(cc(O)cc4C(O)C(=O)Cl)CC[C@H]3[C@@H]1CCC2=O. The molecular weight excluding hydrogens is 340 g/mol. The summed E-state index contributed by atoms with van der Waals surface area (Å²) < 4.78 is 0. The van der Waals surface area contributed by atoms with Crippen molar-refractivity contribution in [2.45, 2.75) is 57.5 Å². The van der Waals surface area contributed by atoms with Gasteiger partial charge in [0.25, 0.3) is 5.24 Å². The number of phenols is 1. The van der Waals surface area contributed by atoms with Gasteiger partial charge in [0.1, 0.15) is 11.5 Å². The molecule has 4 nitrogen and oxygen atoms in total. The highest BCUT2D eigenvalue weighted by Gasteiger charge is 2.55. The molecule has 3 aliphatic rings. The number of ketones is 1. The van der Waals surface area contributed by atoms with Crippen LogP contribution in [0.3, 0.4) is 0 Å². The van der Waals surface area contributed by atoms with E-state index in [1.165, 1.54) is 6.07 Å². The van der Waals surface area contributed by atoms with Gasteiger partial charge >= 0.3 is 0 Å². The third kappa shape index (κ3) is 2.45. The molecule has 0 heterocycles. The molecule has 0 aromatic heterocycles. The fraction of sp³-hybridized carbons (Fsp3) is 0.600. The lowest BCUT2D eigenvalue weighted by molar-refractivity contribution is -0.129. The van der Waals surface area contributed by atoms with E-state index in [4.69, 9.17) is 11.6 Å². The van der Waals surface area contributed by atoms with Gasteiger partial charge in [0.2, 0.25) is 0 Å². The zero-order valence-corrected chi connectivity index (χ0v) is 15.1. The molecule has 3 aliphatic carbocycles. The first kappa shape index (κ1) is 17.0. The summed E-state index contributed by atoms with van der Waals surface area (Å²) in [5.74, 6) is 1.43. The van der Waals surface area contributed by atoms with Crippen LogP contribution in [-0.4, -0.2) is 21.2 Å². The molecule has 0 bridgehead atoms. The van der Waals surface area contributed by atoms with E-state index in [1.807, 2.05) is 0 Å². The van der Waals surface area contributed by atoms with Gasteiger partial charge in [-0.2, -0.15) is 0 Å². The quantitative estimate of drug-likeness (QED) is 0.788. The van der Waals surface area contributed by atoms with Gasteiger partial charge in [0, 0.05) is 11.8 Å². The lowest BCUT2D eigenvalue weighted by Crippen LogP contribution is -2.42. The van der Waals surface area contributed by atoms with Crippen LogP contribution in [0.1, 0.15) is 67.7 Å². The summed E-state index contributed by atoms with van der Waals surface area (Å²) in [6, 6.07) is 3.22. The minimum Gasteiger partial charge on any atom is -0.508 e. The molecule has 0 radical (unpaired) electrons. The fourth-order valence-electron chi connectivity index (χ4n) is 5.87. The van der Waals surface area contributed by atoms with Gasteiger partial charge in [-0.3, -0.25) is 9.59 Å². The first-order valence-electron chi connectivity index (χ1n) is 9.09. The number of Topliss-reactive ketones (excluding diaryl/α,β-unsaturated/α-hetero) is 1. The summed E-state index contributed by atoms with van der Waals surface area (Å²) >= 11 is 5.55. The van der Waals surface area contributed by atoms with Crippen LogP contribution in [0.5, 0.6) is 5.75 Å². The monoisotopic (exact) mass is 362 g/mol. The Hall–Kier alpha value is -1.39. The molecule has 1 aromatic rings. The summed E-state index contributed by atoms with van der Waals surface area (Å²) in [7, 11) is 0. The summed E-state index contributed by atoms with van der Waals surface area (Å²) in [4.78, 5) is 24.0. The Balaban J connectivity index is 1.80. The maximum Gasteiger partial charge on any atom is 0.254 e. The van der Waals surface area contributed by atoms with Crippen molar-refractivity contribution >= 4 is 22.6 Å². The van der Waals surface area contributed by atoms with E-state index in [-0.39, 0.29) is 17.1 Å². The number of carbonyl (C=O) groups excluding carboxylic acids is 2. The van der Waals surface area contributed by atoms with Gasteiger partial charge in [0.05, 0.1) is 0 Å². The van der Waals surface area contributed by atoms with E-state index in [2.05, 4.69) is 6.92 Å². The number of hydrogen-bond donors (Lipinski definition) is 2. The minimum atomic E-state index is -1.42. The molecule has 5 atom stereocenters. The number of rotatable bonds is 2. The van der Waals surface area contributed by atoms with Crippen LogP contribution < -0.4 is 0 Å². The maximum atomic E-state index is 12.4. The van der Waals surface area contributed by atoms with E-state index >= 15 is 0 Å². The van der Waals surface area contributed by atoms with Crippen LogP contribution >= 0.6 is 11.6 Å². The lowest BCUT2D eigenvalue weighted by Gasteiger charge is -2.49. The molecule has 5 heteroatoms. The molecule has 2 saturated carbocycles. The van der Waals surface area contributed by atoms with Crippen molar-refractivity contribution in [3.63, 3.8) is 0 Å². The van der Waals surface area contributed by atoms with Crippen molar-refractivity contribution in [2.75, 3.05) is 0 Å². The number of phenolic OH excluding ortho intramolecular Hbond substituents is 1. The standard InChI is InChI=1S/C20H23ClO4/c1-20-7-6-13-12(15(20)4-5-16(20)23)3-2-10-8-11(22)9-14(17(10)13)18(24)19(21)25/h8-9,12-13,15,18,22,24H,2-7H2,1H3/t12-,13+,15+,18?,20+/m1/s1. The lowest BCUT2D eigenvalue weighted by atomic mass is 9.55. The summed E-state index contributed by atoms with van der Waals surface area (Å²) in [5.41, 5.74) is 2.21. The molecule has 1 aromatic carbocycles. The summed E-state index contributed by atoms with van der Waals surface area (Å²) in [5, 5.41) is 19.5. The Labute approximate surface area is 152 Å². The number of carbonyl (C=O) groups is 2. The second kappa shape index (κ2) is 5.82. The molecule has 0 amide bonds. The Morgan fingerprint density at radius 3 is 2.76 bits per heavy atom. The predicted molar refractivity (Wildman–Crippen MR) is 93.6 cm³/mol. The van der Waals surface area contributed by atoms with Crippen molar-refractivity contribution in [2.24, 2.45) is 17.3 Å². The molecule has 25 heavy (non-hydrogen) atoms. The Kier molecular flexibility index (Phi) is 3.97. The molecule has 1 unspecified atom stereocenters. The molecule has 134 valence electrons. The van der Waals surface area contributed by atoms with Gasteiger partial charge in [0.15, 0.2) is 6.10 Å². The zero-order valence-electron chi connectivity index (χ0n) is 14.3. The number of fused-ring (bicyclic) bond motifs is 5. The Morgan fingerprint density at radius 1 is 1.28 bits per heavy atom. The molecule has 2 fully saturated rings. The van der Waals surface area contributed by atoms with Crippen molar-refractivity contribution in [1.29, 1.82) is 0 Å². The number of aliphatic hydroxyl groups is 1. The van der Waals surface area contributed by atoms with Crippen molar-refractivity contribution in [1.82, 2.24) is 0 Å². The third-order valence-corrected chi connectivity index (χ3v) is 7.26. The van der Waals surface area contributed by atoms with E-state index < -0.39 is 11.3 Å². The van der Waals surface area contributed by atoms with Gasteiger partial charge in [-0.05, 0) is 90.3 Å².